The summed E-state index contributed by atoms with van der Waals surface area (Å²) < 4.78 is 0. The fourth-order valence-electron chi connectivity index (χ4n) is 3.03. The van der Waals surface area contributed by atoms with Gasteiger partial charge in [-0.15, -0.1) is 0 Å². The molecule has 2 atom stereocenters. The molecule has 2 amide bonds. The Bertz CT molecular complexity index is 1050. The molecule has 1 aromatic heterocycles. The van der Waals surface area contributed by atoms with Gasteiger partial charge in [-0.05, 0) is 43.2 Å². The van der Waals surface area contributed by atoms with Crippen LogP contribution in [0.5, 0.6) is 0 Å². The molecule has 7 heteroatoms. The van der Waals surface area contributed by atoms with Crippen LogP contribution in [0.3, 0.4) is 0 Å². The van der Waals surface area contributed by atoms with Crippen LogP contribution in [0.2, 0.25) is 0 Å². The number of para-hydroxylation sites is 1. The summed E-state index contributed by atoms with van der Waals surface area (Å²) in [6.07, 6.45) is 2.20. The number of nitrogens with zero attached hydrogens (tertiary/aromatic N) is 2. The zero-order valence-corrected chi connectivity index (χ0v) is 16.8. The molecule has 1 heterocycles. The van der Waals surface area contributed by atoms with Gasteiger partial charge in [0.25, 0.3) is 5.91 Å². The van der Waals surface area contributed by atoms with Crippen LogP contribution < -0.4 is 16.4 Å². The number of carbonyl (C=O) groups is 2. The summed E-state index contributed by atoms with van der Waals surface area (Å²) in [5, 5.41) is 7.04. The topological polar surface area (TPSA) is 110 Å². The van der Waals surface area contributed by atoms with Crippen molar-refractivity contribution in [2.45, 2.75) is 33.2 Å². The van der Waals surface area contributed by atoms with Crippen LogP contribution in [0, 0.1) is 5.92 Å². The van der Waals surface area contributed by atoms with Crippen molar-refractivity contribution in [1.29, 1.82) is 0 Å². The minimum Gasteiger partial charge on any atom is -0.366 e. The number of nitrogens with one attached hydrogen (secondary N) is 2. The van der Waals surface area contributed by atoms with Crippen molar-refractivity contribution in [3.05, 3.63) is 59.9 Å². The van der Waals surface area contributed by atoms with Gasteiger partial charge in [-0.3, -0.25) is 9.59 Å². The van der Waals surface area contributed by atoms with Crippen LogP contribution in [-0.4, -0.2) is 21.8 Å². The van der Waals surface area contributed by atoms with Crippen molar-refractivity contribution in [2.75, 3.05) is 10.6 Å². The Morgan fingerprint density at radius 1 is 1.10 bits per heavy atom. The van der Waals surface area contributed by atoms with Gasteiger partial charge >= 0.3 is 0 Å². The lowest BCUT2D eigenvalue weighted by molar-refractivity contribution is -0.119. The summed E-state index contributed by atoms with van der Waals surface area (Å²) in [6, 6.07) is 12.9. The molecule has 0 spiro atoms. The smallest absolute Gasteiger partial charge is 0.250 e. The number of carbonyl (C=O) groups excluding carboxylic acids is 2. The molecule has 0 aliphatic carbocycles. The molecule has 3 rings (SSSR count). The molecule has 0 bridgehead atoms. The van der Waals surface area contributed by atoms with E-state index in [-0.39, 0.29) is 17.9 Å². The molecule has 7 nitrogen and oxygen atoms in total. The van der Waals surface area contributed by atoms with E-state index >= 15 is 0 Å². The van der Waals surface area contributed by atoms with E-state index in [9.17, 15) is 9.59 Å². The van der Waals surface area contributed by atoms with Crippen LogP contribution in [0.25, 0.3) is 10.9 Å². The first kappa shape index (κ1) is 20.3. The maximum Gasteiger partial charge on any atom is 0.250 e. The zero-order valence-electron chi connectivity index (χ0n) is 16.8. The molecule has 2 aromatic carbocycles. The molecular formula is C22H25N5O2. The molecule has 3 aromatic rings. The number of fused-ring (bicyclic) bond motifs is 1. The van der Waals surface area contributed by atoms with Gasteiger partial charge < -0.3 is 16.4 Å². The van der Waals surface area contributed by atoms with Crippen molar-refractivity contribution >= 4 is 34.2 Å². The van der Waals surface area contributed by atoms with Gasteiger partial charge in [-0.2, -0.15) is 0 Å². The predicted molar refractivity (Wildman–Crippen MR) is 115 cm³/mol. The lowest BCUT2D eigenvalue weighted by atomic mass is 10.1. The number of hydrogen-bond donors (Lipinski definition) is 3. The minimum absolute atomic E-state index is 0.00559. The molecular weight excluding hydrogens is 366 g/mol. The molecule has 4 N–H and O–H groups in total. The Labute approximate surface area is 169 Å². The fraction of sp³-hybridized carbons (Fsp3) is 0.273. The third kappa shape index (κ3) is 4.51. The fourth-order valence-corrected chi connectivity index (χ4v) is 3.03. The first-order chi connectivity index (χ1) is 13.9. The number of aromatic nitrogens is 2. The van der Waals surface area contributed by atoms with Crippen molar-refractivity contribution in [2.24, 2.45) is 11.7 Å². The van der Waals surface area contributed by atoms with E-state index in [1.165, 1.54) is 6.33 Å². The average molecular weight is 391 g/mol. The minimum atomic E-state index is -0.530. The SMILES string of the molecule is CCC(C)C(=O)Nc1cccc(C(C)Nc2ncnc3c(C(N)=O)cccc23)c1. The highest BCUT2D eigenvalue weighted by Gasteiger charge is 2.15. The van der Waals surface area contributed by atoms with E-state index in [1.54, 1.807) is 12.1 Å². The van der Waals surface area contributed by atoms with E-state index in [2.05, 4.69) is 20.6 Å². The van der Waals surface area contributed by atoms with Gasteiger partial charge in [0, 0.05) is 17.0 Å². The standard InChI is InChI=1S/C22H25N5O2/c1-4-13(2)22(29)27-16-8-5-7-15(11-16)14(3)26-21-18-10-6-9-17(20(23)28)19(18)24-12-25-21/h5-14H,4H2,1-3H3,(H2,23,28)(H,27,29)(H,24,25,26). The first-order valence-corrected chi connectivity index (χ1v) is 9.61. The number of amides is 2. The molecule has 0 fully saturated rings. The van der Waals surface area contributed by atoms with Crippen molar-refractivity contribution in [3.63, 3.8) is 0 Å². The second-order valence-corrected chi connectivity index (χ2v) is 7.08. The summed E-state index contributed by atoms with van der Waals surface area (Å²) in [7, 11) is 0. The van der Waals surface area contributed by atoms with Crippen molar-refractivity contribution in [3.8, 4) is 0 Å². The van der Waals surface area contributed by atoms with Gasteiger partial charge in [0.2, 0.25) is 5.91 Å². The second kappa shape index (κ2) is 8.68. The van der Waals surface area contributed by atoms with Crippen LogP contribution in [-0.2, 0) is 4.79 Å². The normalized spacial score (nSPS) is 12.9. The lowest BCUT2D eigenvalue weighted by Gasteiger charge is -2.18. The lowest BCUT2D eigenvalue weighted by Crippen LogP contribution is -2.19. The Morgan fingerprint density at radius 3 is 2.59 bits per heavy atom. The molecule has 2 unspecified atom stereocenters. The van der Waals surface area contributed by atoms with Gasteiger partial charge in [0.15, 0.2) is 0 Å². The molecule has 150 valence electrons. The molecule has 0 aliphatic rings. The van der Waals surface area contributed by atoms with Gasteiger partial charge in [0.05, 0.1) is 17.1 Å². The van der Waals surface area contributed by atoms with E-state index in [0.29, 0.717) is 16.9 Å². The second-order valence-electron chi connectivity index (χ2n) is 7.08. The predicted octanol–water partition coefficient (Wildman–Crippen LogP) is 3.89. The van der Waals surface area contributed by atoms with Gasteiger partial charge in [-0.25, -0.2) is 9.97 Å². The highest BCUT2D eigenvalue weighted by atomic mass is 16.2. The summed E-state index contributed by atoms with van der Waals surface area (Å²) in [5.74, 6) is 0.0461. The van der Waals surface area contributed by atoms with Gasteiger partial charge in [-0.1, -0.05) is 32.0 Å². The van der Waals surface area contributed by atoms with Crippen molar-refractivity contribution < 1.29 is 9.59 Å². The number of rotatable bonds is 7. The largest absolute Gasteiger partial charge is 0.366 e. The summed E-state index contributed by atoms with van der Waals surface area (Å²) in [6.45, 7) is 5.90. The third-order valence-electron chi connectivity index (χ3n) is 5.00. The summed E-state index contributed by atoms with van der Waals surface area (Å²) in [5.41, 5.74) is 8.07. The summed E-state index contributed by atoms with van der Waals surface area (Å²) >= 11 is 0. The number of anilines is 2. The Balaban J connectivity index is 1.85. The number of hydrogen-bond acceptors (Lipinski definition) is 5. The van der Waals surface area contributed by atoms with Crippen molar-refractivity contribution in [1.82, 2.24) is 9.97 Å². The zero-order chi connectivity index (χ0) is 21.0. The number of primary amides is 1. The monoisotopic (exact) mass is 391 g/mol. The van der Waals surface area contributed by atoms with Crippen LogP contribution in [0.4, 0.5) is 11.5 Å². The molecule has 0 saturated heterocycles. The Hall–Kier alpha value is -3.48. The summed E-state index contributed by atoms with van der Waals surface area (Å²) in [4.78, 5) is 32.4. The molecule has 29 heavy (non-hydrogen) atoms. The first-order valence-electron chi connectivity index (χ1n) is 9.61. The van der Waals surface area contributed by atoms with E-state index in [4.69, 9.17) is 5.73 Å². The highest BCUT2D eigenvalue weighted by Crippen LogP contribution is 2.27. The Kier molecular flexibility index (Phi) is 6.07. The average Bonchev–Trinajstić information content (AvgIpc) is 2.73. The molecule has 0 saturated carbocycles. The quantitative estimate of drug-likeness (QED) is 0.566. The number of nitrogens with two attached hydrogens (primary N) is 1. The molecule has 0 radical (unpaired) electrons. The van der Waals surface area contributed by atoms with E-state index in [1.807, 2.05) is 51.1 Å². The van der Waals surface area contributed by atoms with Crippen LogP contribution in [0.15, 0.2) is 48.8 Å². The maximum atomic E-state index is 12.2. The Morgan fingerprint density at radius 2 is 1.86 bits per heavy atom. The third-order valence-corrected chi connectivity index (χ3v) is 5.00. The maximum absolute atomic E-state index is 12.2. The van der Waals surface area contributed by atoms with Crippen LogP contribution >= 0.6 is 0 Å². The van der Waals surface area contributed by atoms with Gasteiger partial charge in [0.1, 0.15) is 12.1 Å². The van der Waals surface area contributed by atoms with E-state index in [0.717, 1.165) is 23.1 Å². The number of benzene rings is 2. The molecule has 0 aliphatic heterocycles. The van der Waals surface area contributed by atoms with E-state index < -0.39 is 5.91 Å². The highest BCUT2D eigenvalue weighted by molar-refractivity contribution is 6.06. The van der Waals surface area contributed by atoms with Crippen LogP contribution in [0.1, 0.15) is 49.2 Å².